The van der Waals surface area contributed by atoms with E-state index in [4.69, 9.17) is 4.74 Å². The van der Waals surface area contributed by atoms with E-state index < -0.39 is 23.4 Å². The molecule has 0 radical (unpaired) electrons. The van der Waals surface area contributed by atoms with E-state index >= 15 is 0 Å². The summed E-state index contributed by atoms with van der Waals surface area (Å²) in [6.45, 7) is 7.63. The van der Waals surface area contributed by atoms with Gasteiger partial charge in [0, 0.05) is 11.8 Å². The van der Waals surface area contributed by atoms with E-state index in [0.29, 0.717) is 6.54 Å². The molecule has 0 saturated carbocycles. The Balaban J connectivity index is 2.01. The normalized spacial score (nSPS) is 19.9. The average molecular weight is 378 g/mol. The van der Waals surface area contributed by atoms with Crippen LogP contribution in [0.1, 0.15) is 44.7 Å². The number of rotatable bonds is 4. The van der Waals surface area contributed by atoms with Crippen LogP contribution in [0.4, 0.5) is 0 Å². The summed E-state index contributed by atoms with van der Waals surface area (Å²) in [5, 5.41) is 5.86. The molecule has 5 nitrogen and oxygen atoms in total. The van der Waals surface area contributed by atoms with Gasteiger partial charge in [-0.2, -0.15) is 5.10 Å². The Morgan fingerprint density at radius 2 is 1.61 bits per heavy atom. The summed E-state index contributed by atoms with van der Waals surface area (Å²) in [5.74, 6) is -1.45. The van der Waals surface area contributed by atoms with Crippen molar-refractivity contribution in [2.45, 2.75) is 45.8 Å². The highest BCUT2D eigenvalue weighted by Gasteiger charge is 2.41. The molecular formula is C23H26N2O3. The van der Waals surface area contributed by atoms with E-state index in [-0.39, 0.29) is 11.6 Å². The Kier molecular flexibility index (Phi) is 5.63. The molecule has 1 aliphatic heterocycles. The van der Waals surface area contributed by atoms with Gasteiger partial charge in [0.05, 0.1) is 6.54 Å². The molecule has 2 aromatic rings. The molecule has 0 bridgehead atoms. The van der Waals surface area contributed by atoms with Crippen LogP contribution in [-0.4, -0.2) is 28.2 Å². The van der Waals surface area contributed by atoms with Gasteiger partial charge in [-0.3, -0.25) is 4.79 Å². The van der Waals surface area contributed by atoms with E-state index in [1.165, 1.54) is 5.01 Å². The van der Waals surface area contributed by atoms with Gasteiger partial charge in [-0.25, -0.2) is 9.80 Å². The van der Waals surface area contributed by atoms with E-state index in [1.807, 2.05) is 88.4 Å². The predicted molar refractivity (Wildman–Crippen MR) is 109 cm³/mol. The van der Waals surface area contributed by atoms with Gasteiger partial charge >= 0.3 is 5.97 Å². The minimum Gasteiger partial charge on any atom is -0.455 e. The van der Waals surface area contributed by atoms with Gasteiger partial charge < -0.3 is 4.74 Å². The summed E-state index contributed by atoms with van der Waals surface area (Å²) in [7, 11) is 0. The monoisotopic (exact) mass is 378 g/mol. The van der Waals surface area contributed by atoms with E-state index in [2.05, 4.69) is 5.10 Å². The smallest absolute Gasteiger partial charge is 0.355 e. The summed E-state index contributed by atoms with van der Waals surface area (Å²) in [6.07, 6.45) is 0. The lowest BCUT2D eigenvalue weighted by molar-refractivity contribution is -0.147. The number of hydrogen-bond acceptors (Lipinski definition) is 4. The SMILES string of the molecule is C[C@@H]1C(=O)N(Cc2ccccc2)N=C(C(=O)OC(C)(C)C)[C@H]1c1ccccc1. The molecule has 0 unspecified atom stereocenters. The number of esters is 1. The first-order valence-corrected chi connectivity index (χ1v) is 9.48. The average Bonchev–Trinajstić information content (AvgIpc) is 2.65. The Hall–Kier alpha value is -2.95. The highest BCUT2D eigenvalue weighted by atomic mass is 16.6. The minimum atomic E-state index is -0.643. The quantitative estimate of drug-likeness (QED) is 0.751. The lowest BCUT2D eigenvalue weighted by Gasteiger charge is -2.34. The maximum atomic E-state index is 13.0. The summed E-state index contributed by atoms with van der Waals surface area (Å²) >= 11 is 0. The lowest BCUT2D eigenvalue weighted by atomic mass is 9.81. The molecule has 2 atom stereocenters. The number of benzene rings is 2. The summed E-state index contributed by atoms with van der Waals surface area (Å²) in [6, 6.07) is 19.2. The third-order valence-corrected chi connectivity index (χ3v) is 4.61. The first-order chi connectivity index (χ1) is 13.3. The molecule has 3 rings (SSSR count). The fourth-order valence-electron chi connectivity index (χ4n) is 3.33. The molecule has 0 spiro atoms. The third-order valence-electron chi connectivity index (χ3n) is 4.61. The number of ether oxygens (including phenoxy) is 1. The number of carbonyl (C=O) groups excluding carboxylic acids is 2. The zero-order valence-electron chi connectivity index (χ0n) is 16.8. The molecule has 0 fully saturated rings. The fourth-order valence-corrected chi connectivity index (χ4v) is 3.33. The molecule has 1 aliphatic rings. The van der Waals surface area contributed by atoms with Crippen molar-refractivity contribution in [3.05, 3.63) is 71.8 Å². The second kappa shape index (κ2) is 7.97. The van der Waals surface area contributed by atoms with E-state index in [1.54, 1.807) is 0 Å². The van der Waals surface area contributed by atoms with Gasteiger partial charge in [0.2, 0.25) is 5.91 Å². The van der Waals surface area contributed by atoms with Crippen molar-refractivity contribution in [2.75, 3.05) is 0 Å². The molecule has 1 heterocycles. The Labute approximate surface area is 166 Å². The zero-order valence-corrected chi connectivity index (χ0v) is 16.8. The zero-order chi connectivity index (χ0) is 20.3. The van der Waals surface area contributed by atoms with Gasteiger partial charge in [0.1, 0.15) is 5.60 Å². The summed E-state index contributed by atoms with van der Waals surface area (Å²) in [5.41, 5.74) is 1.46. The van der Waals surface area contributed by atoms with Crippen molar-refractivity contribution in [1.82, 2.24) is 5.01 Å². The third kappa shape index (κ3) is 4.47. The highest BCUT2D eigenvalue weighted by Crippen LogP contribution is 2.33. The van der Waals surface area contributed by atoms with Crippen LogP contribution in [0, 0.1) is 5.92 Å². The molecule has 1 amide bonds. The Morgan fingerprint density at radius 1 is 1.04 bits per heavy atom. The van der Waals surface area contributed by atoms with E-state index in [9.17, 15) is 9.59 Å². The van der Waals surface area contributed by atoms with Crippen LogP contribution < -0.4 is 0 Å². The molecule has 0 N–H and O–H groups in total. The van der Waals surface area contributed by atoms with Crippen molar-refractivity contribution in [1.29, 1.82) is 0 Å². The minimum absolute atomic E-state index is 0.106. The lowest BCUT2D eigenvalue weighted by Crippen LogP contribution is -2.45. The second-order valence-corrected chi connectivity index (χ2v) is 8.05. The van der Waals surface area contributed by atoms with Gasteiger partial charge in [-0.05, 0) is 31.9 Å². The van der Waals surface area contributed by atoms with Gasteiger partial charge in [0.25, 0.3) is 0 Å². The molecule has 2 aromatic carbocycles. The molecular weight excluding hydrogens is 352 g/mol. The van der Waals surface area contributed by atoms with Crippen LogP contribution in [-0.2, 0) is 20.9 Å². The van der Waals surface area contributed by atoms with E-state index in [0.717, 1.165) is 11.1 Å². The predicted octanol–water partition coefficient (Wildman–Crippen LogP) is 4.15. The van der Waals surface area contributed by atoms with Crippen molar-refractivity contribution in [3.63, 3.8) is 0 Å². The second-order valence-electron chi connectivity index (χ2n) is 8.05. The molecule has 0 aliphatic carbocycles. The maximum absolute atomic E-state index is 13.0. The van der Waals surface area contributed by atoms with Gasteiger partial charge in [-0.15, -0.1) is 0 Å². The molecule has 0 aromatic heterocycles. The number of hydrazone groups is 1. The molecule has 5 heteroatoms. The maximum Gasteiger partial charge on any atom is 0.355 e. The number of nitrogens with zero attached hydrogens (tertiary/aromatic N) is 2. The van der Waals surface area contributed by atoms with Crippen LogP contribution in [0.3, 0.4) is 0 Å². The first-order valence-electron chi connectivity index (χ1n) is 9.48. The summed E-state index contributed by atoms with van der Waals surface area (Å²) in [4.78, 5) is 26.0. The molecule has 28 heavy (non-hydrogen) atoms. The van der Waals surface area contributed by atoms with Gasteiger partial charge in [-0.1, -0.05) is 67.6 Å². The van der Waals surface area contributed by atoms with Crippen molar-refractivity contribution in [3.8, 4) is 0 Å². The standard InChI is InChI=1S/C23H26N2O3/c1-16-19(18-13-9-6-10-14-18)20(22(27)28-23(2,3)4)24-25(21(16)26)15-17-11-7-5-8-12-17/h5-14,16,19H,15H2,1-4H3/t16-,19+/m0/s1. The Bertz CT molecular complexity index is 870. The van der Waals surface area contributed by atoms with Crippen LogP contribution in [0.2, 0.25) is 0 Å². The topological polar surface area (TPSA) is 59.0 Å². The first kappa shape index (κ1) is 19.8. The van der Waals surface area contributed by atoms with Crippen LogP contribution >= 0.6 is 0 Å². The van der Waals surface area contributed by atoms with Crippen molar-refractivity contribution >= 4 is 17.6 Å². The highest BCUT2D eigenvalue weighted by molar-refractivity contribution is 6.39. The number of carbonyl (C=O) groups is 2. The van der Waals surface area contributed by atoms with Crippen molar-refractivity contribution in [2.24, 2.45) is 11.0 Å². The van der Waals surface area contributed by atoms with Gasteiger partial charge in [0.15, 0.2) is 5.71 Å². The molecule has 146 valence electrons. The largest absolute Gasteiger partial charge is 0.455 e. The van der Waals surface area contributed by atoms with Crippen LogP contribution in [0.15, 0.2) is 65.8 Å². The summed E-state index contributed by atoms with van der Waals surface area (Å²) < 4.78 is 5.60. The molecule has 0 saturated heterocycles. The fraction of sp³-hybridized carbons (Fsp3) is 0.348. The number of hydrogen-bond donors (Lipinski definition) is 0. The Morgan fingerprint density at radius 3 is 2.18 bits per heavy atom. The van der Waals surface area contributed by atoms with Crippen molar-refractivity contribution < 1.29 is 14.3 Å². The number of amides is 1. The van der Waals surface area contributed by atoms with Crippen LogP contribution in [0.25, 0.3) is 0 Å². The van der Waals surface area contributed by atoms with Crippen LogP contribution in [0.5, 0.6) is 0 Å².